The Balaban J connectivity index is 3.62. The van der Waals surface area contributed by atoms with Gasteiger partial charge in [-0.3, -0.25) is 9.36 Å². The summed E-state index contributed by atoms with van der Waals surface area (Å²) in [5, 5.41) is 0. The van der Waals surface area contributed by atoms with E-state index in [4.69, 9.17) is 12.2 Å². The Kier molecular flexibility index (Phi) is 1.72. The molecule has 10 heavy (non-hydrogen) atoms. The van der Waals surface area contributed by atoms with Crippen molar-refractivity contribution in [3.8, 4) is 0 Å². The molecule has 0 radical (unpaired) electrons. The molecule has 0 amide bonds. The van der Waals surface area contributed by atoms with Gasteiger partial charge in [0.15, 0.2) is 4.77 Å². The van der Waals surface area contributed by atoms with Crippen LogP contribution >= 0.6 is 12.2 Å². The van der Waals surface area contributed by atoms with E-state index in [9.17, 15) is 4.79 Å². The van der Waals surface area contributed by atoms with Crippen molar-refractivity contribution >= 4 is 12.2 Å². The lowest BCUT2D eigenvalue weighted by molar-refractivity contribution is 0.795. The Morgan fingerprint density at radius 3 is 2.80 bits per heavy atom. The van der Waals surface area contributed by atoms with Crippen LogP contribution in [0.3, 0.4) is 0 Å². The maximum atomic E-state index is 10.9. The fourth-order valence-corrected chi connectivity index (χ4v) is 0.922. The molecule has 1 aromatic rings. The first-order chi connectivity index (χ1) is 4.61. The van der Waals surface area contributed by atoms with Gasteiger partial charge in [0.2, 0.25) is 0 Å². The van der Waals surface area contributed by atoms with Crippen LogP contribution < -0.4 is 5.56 Å². The van der Waals surface area contributed by atoms with Crippen molar-refractivity contribution in [3.05, 3.63) is 26.9 Å². The Bertz CT molecular complexity index is 318. The van der Waals surface area contributed by atoms with Gasteiger partial charge in [-0.05, 0) is 19.1 Å². The molecule has 1 rings (SSSR count). The molecule has 0 spiro atoms. The Labute approximate surface area is 63.3 Å². The van der Waals surface area contributed by atoms with Crippen LogP contribution in [0.1, 0.15) is 5.69 Å². The number of hydrogen-bond donors (Lipinski definition) is 1. The van der Waals surface area contributed by atoms with Gasteiger partial charge in [0.05, 0.1) is 0 Å². The minimum Gasteiger partial charge on any atom is -0.336 e. The van der Waals surface area contributed by atoms with Gasteiger partial charge in [0.25, 0.3) is 5.56 Å². The number of hydrogen-bond acceptors (Lipinski definition) is 2. The zero-order valence-electron chi connectivity index (χ0n) is 5.84. The van der Waals surface area contributed by atoms with Crippen molar-refractivity contribution in [2.75, 3.05) is 0 Å². The van der Waals surface area contributed by atoms with Crippen molar-refractivity contribution in [2.45, 2.75) is 6.92 Å². The van der Waals surface area contributed by atoms with Crippen LogP contribution in [0.5, 0.6) is 0 Å². The van der Waals surface area contributed by atoms with E-state index >= 15 is 0 Å². The molecule has 0 aliphatic heterocycles. The summed E-state index contributed by atoms with van der Waals surface area (Å²) in [6.45, 7) is 1.80. The van der Waals surface area contributed by atoms with Crippen LogP contribution in [-0.4, -0.2) is 9.55 Å². The van der Waals surface area contributed by atoms with Crippen molar-refractivity contribution in [2.24, 2.45) is 7.05 Å². The predicted octanol–water partition coefficient (Wildman–Crippen LogP) is 0.751. The smallest absolute Gasteiger partial charge is 0.254 e. The van der Waals surface area contributed by atoms with Gasteiger partial charge in [-0.1, -0.05) is 0 Å². The normalized spacial score (nSPS) is 9.80. The second kappa shape index (κ2) is 2.38. The summed E-state index contributed by atoms with van der Waals surface area (Å²) < 4.78 is 1.85. The third-order valence-electron chi connectivity index (χ3n) is 1.28. The molecule has 0 aliphatic rings. The molecule has 0 unspecified atom stereocenters. The Morgan fingerprint density at radius 2 is 2.30 bits per heavy atom. The molecule has 1 aromatic heterocycles. The fourth-order valence-electron chi connectivity index (χ4n) is 0.671. The van der Waals surface area contributed by atoms with Crippen LogP contribution in [0.15, 0.2) is 10.9 Å². The summed E-state index contributed by atoms with van der Waals surface area (Å²) in [6.07, 6.45) is 0. The molecule has 4 heteroatoms. The van der Waals surface area contributed by atoms with Gasteiger partial charge in [-0.15, -0.1) is 0 Å². The van der Waals surface area contributed by atoms with Crippen molar-refractivity contribution in [1.82, 2.24) is 9.55 Å². The first kappa shape index (κ1) is 7.21. The van der Waals surface area contributed by atoms with E-state index in [1.807, 2.05) is 0 Å². The minimum atomic E-state index is -0.0683. The number of nitrogens with one attached hydrogen (secondary N) is 1. The molecule has 0 atom stereocenters. The predicted molar refractivity (Wildman–Crippen MR) is 41.6 cm³/mol. The van der Waals surface area contributed by atoms with E-state index < -0.39 is 0 Å². The molecular formula is C6H8N2OS. The molecule has 0 aliphatic carbocycles. The van der Waals surface area contributed by atoms with Gasteiger partial charge in [-0.2, -0.15) is 0 Å². The highest BCUT2D eigenvalue weighted by atomic mass is 32.1. The van der Waals surface area contributed by atoms with E-state index in [2.05, 4.69) is 4.98 Å². The molecule has 0 aromatic carbocycles. The van der Waals surface area contributed by atoms with E-state index in [0.29, 0.717) is 4.77 Å². The molecule has 0 bridgehead atoms. The van der Waals surface area contributed by atoms with Gasteiger partial charge in [0, 0.05) is 18.8 Å². The summed E-state index contributed by atoms with van der Waals surface area (Å²) >= 11 is 4.84. The number of aromatic nitrogens is 2. The van der Waals surface area contributed by atoms with E-state index in [0.717, 1.165) is 5.69 Å². The molecule has 1 N–H and O–H groups in total. The Morgan fingerprint density at radius 1 is 1.70 bits per heavy atom. The molecule has 54 valence electrons. The number of aromatic amines is 1. The van der Waals surface area contributed by atoms with E-state index in [1.54, 1.807) is 14.0 Å². The lowest BCUT2D eigenvalue weighted by Gasteiger charge is -1.96. The molecular weight excluding hydrogens is 148 g/mol. The molecule has 1 heterocycles. The standard InChI is InChI=1S/C6H8N2OS/c1-4-3-5(9)8(2)6(10)7-4/h3H,1-2H3,(H,7,10). The SMILES string of the molecule is Cc1cc(=O)n(C)c(=S)[nH]1. The quantitative estimate of drug-likeness (QED) is 0.563. The van der Waals surface area contributed by atoms with Crippen LogP contribution in [0, 0.1) is 11.7 Å². The third kappa shape index (κ3) is 1.16. The molecule has 0 saturated carbocycles. The highest BCUT2D eigenvalue weighted by Gasteiger charge is 1.91. The summed E-state index contributed by atoms with van der Waals surface area (Å²) in [5.74, 6) is 0. The minimum absolute atomic E-state index is 0.0683. The second-order valence-corrected chi connectivity index (χ2v) is 2.54. The number of aryl methyl sites for hydroxylation is 1. The molecule has 3 nitrogen and oxygen atoms in total. The van der Waals surface area contributed by atoms with Crippen molar-refractivity contribution < 1.29 is 0 Å². The Hall–Kier alpha value is -0.900. The molecule has 0 fully saturated rings. The van der Waals surface area contributed by atoms with Gasteiger partial charge >= 0.3 is 0 Å². The maximum Gasteiger partial charge on any atom is 0.254 e. The summed E-state index contributed by atoms with van der Waals surface area (Å²) in [6, 6.07) is 1.51. The summed E-state index contributed by atoms with van der Waals surface area (Å²) in [7, 11) is 1.64. The highest BCUT2D eigenvalue weighted by Crippen LogP contribution is 1.84. The number of H-pyrrole nitrogens is 1. The largest absolute Gasteiger partial charge is 0.336 e. The first-order valence-electron chi connectivity index (χ1n) is 2.88. The van der Waals surface area contributed by atoms with E-state index in [1.165, 1.54) is 10.6 Å². The van der Waals surface area contributed by atoms with Crippen LogP contribution in [-0.2, 0) is 7.05 Å². The molecule has 0 saturated heterocycles. The lowest BCUT2D eigenvalue weighted by atomic mass is 10.4. The topological polar surface area (TPSA) is 37.8 Å². The monoisotopic (exact) mass is 156 g/mol. The zero-order valence-corrected chi connectivity index (χ0v) is 6.66. The van der Waals surface area contributed by atoms with Crippen LogP contribution in [0.25, 0.3) is 0 Å². The zero-order chi connectivity index (χ0) is 7.72. The van der Waals surface area contributed by atoms with Crippen molar-refractivity contribution in [3.63, 3.8) is 0 Å². The van der Waals surface area contributed by atoms with Gasteiger partial charge in [0.1, 0.15) is 0 Å². The van der Waals surface area contributed by atoms with Crippen LogP contribution in [0.4, 0.5) is 0 Å². The van der Waals surface area contributed by atoms with Gasteiger partial charge in [-0.25, -0.2) is 0 Å². The summed E-state index contributed by atoms with van der Waals surface area (Å²) in [5.41, 5.74) is 0.731. The average molecular weight is 156 g/mol. The second-order valence-electron chi connectivity index (χ2n) is 2.15. The average Bonchev–Trinajstić information content (AvgIpc) is 1.82. The maximum absolute atomic E-state index is 10.9. The van der Waals surface area contributed by atoms with Gasteiger partial charge < -0.3 is 4.98 Å². The van der Waals surface area contributed by atoms with E-state index in [-0.39, 0.29) is 5.56 Å². The highest BCUT2D eigenvalue weighted by molar-refractivity contribution is 7.71. The fraction of sp³-hybridized carbons (Fsp3) is 0.333. The summed E-state index contributed by atoms with van der Waals surface area (Å²) in [4.78, 5) is 13.8. The third-order valence-corrected chi connectivity index (χ3v) is 1.66. The lowest BCUT2D eigenvalue weighted by Crippen LogP contribution is -2.17. The number of rotatable bonds is 0. The first-order valence-corrected chi connectivity index (χ1v) is 3.29. The van der Waals surface area contributed by atoms with Crippen molar-refractivity contribution in [1.29, 1.82) is 0 Å². The number of nitrogens with zero attached hydrogens (tertiary/aromatic N) is 1. The van der Waals surface area contributed by atoms with Crippen LogP contribution in [0.2, 0.25) is 0 Å².